The third-order valence-corrected chi connectivity index (χ3v) is 1.08. The van der Waals surface area contributed by atoms with E-state index >= 15 is 0 Å². The number of hydrogen-bond donors (Lipinski definition) is 3. The van der Waals surface area contributed by atoms with Gasteiger partial charge in [-0.05, 0) is 0 Å². The molecule has 0 amide bonds. The van der Waals surface area contributed by atoms with Crippen molar-refractivity contribution in [2.45, 2.75) is 18.4 Å². The molecule has 6 nitrogen and oxygen atoms in total. The summed E-state index contributed by atoms with van der Waals surface area (Å²) in [5.74, 6) is -0.284. The van der Waals surface area contributed by atoms with Gasteiger partial charge in [0.1, 0.15) is 0 Å². The zero-order valence-electron chi connectivity index (χ0n) is 8.84. The molecule has 0 rings (SSSR count). The van der Waals surface area contributed by atoms with Crippen LogP contribution in [-0.2, 0) is 14.1 Å². The predicted octanol–water partition coefficient (Wildman–Crippen LogP) is 0.154. The van der Waals surface area contributed by atoms with Gasteiger partial charge in [0.15, 0.2) is 0 Å². The Bertz CT molecular complexity index is 240. The maximum absolute atomic E-state index is 10.7. The van der Waals surface area contributed by atoms with Gasteiger partial charge in [-0.25, -0.2) is 4.57 Å². The van der Waals surface area contributed by atoms with Crippen LogP contribution in [0.4, 0.5) is 0 Å². The number of carbonyl (C=O) groups excluding carboxylic acids is 1. The molecular formula is C7H14LiO6P. The molecule has 0 aromatic heterocycles. The molecule has 0 radical (unpaired) electrons. The van der Waals surface area contributed by atoms with E-state index in [9.17, 15) is 4.79 Å². The molecule has 0 aliphatic rings. The molecule has 15 heavy (non-hydrogen) atoms. The van der Waals surface area contributed by atoms with Crippen LogP contribution in [0.5, 0.6) is 0 Å². The second-order valence-corrected chi connectivity index (χ2v) is 3.81. The van der Waals surface area contributed by atoms with E-state index in [1.165, 1.54) is 0 Å². The van der Waals surface area contributed by atoms with Crippen molar-refractivity contribution in [1.29, 1.82) is 0 Å². The molecule has 0 heterocycles. The van der Waals surface area contributed by atoms with E-state index in [-0.39, 0.29) is 5.97 Å². The molecule has 84 valence electrons. The Kier molecular flexibility index (Phi) is 10.6. The molecule has 0 bridgehead atoms. The van der Waals surface area contributed by atoms with Gasteiger partial charge < -0.3 is 14.7 Å². The van der Waals surface area contributed by atoms with E-state index in [2.05, 4.69) is 24.3 Å². The summed E-state index contributed by atoms with van der Waals surface area (Å²) in [6.07, 6.45) is 0.930. The Morgan fingerprint density at radius 3 is 2.13 bits per heavy atom. The summed E-state index contributed by atoms with van der Waals surface area (Å²) in [6, 6.07) is 0. The minimum absolute atomic E-state index is 0.284. The number of ether oxygens (including phenoxy) is 1. The van der Waals surface area contributed by atoms with Gasteiger partial charge in [-0.15, -0.1) is 0 Å². The summed E-state index contributed by atoms with van der Waals surface area (Å²) < 4.78 is 13.7. The van der Waals surface area contributed by atoms with Crippen molar-refractivity contribution < 1.29 is 28.8 Å². The van der Waals surface area contributed by atoms with E-state index in [1.54, 1.807) is 6.92 Å². The topological polar surface area (TPSA) is 104 Å². The quantitative estimate of drug-likeness (QED) is 0.209. The second kappa shape index (κ2) is 9.17. The molecule has 0 fully saturated rings. The molecule has 0 aromatic carbocycles. The predicted molar refractivity (Wildman–Crippen MR) is 55.2 cm³/mol. The van der Waals surface area contributed by atoms with Gasteiger partial charge in [0.05, 0.1) is 0 Å². The molecule has 0 aromatic rings. The average molecular weight is 232 g/mol. The van der Waals surface area contributed by atoms with Gasteiger partial charge in [0, 0.05) is 0 Å². The zero-order chi connectivity index (χ0) is 12.5. The average Bonchev–Trinajstić information content (AvgIpc) is 2.01. The number of carbonyl (C=O) groups is 1. The van der Waals surface area contributed by atoms with Gasteiger partial charge in [0.25, 0.3) is 0 Å². The first-order valence-electron chi connectivity index (χ1n) is 4.29. The van der Waals surface area contributed by atoms with E-state index in [1.807, 2.05) is 0 Å². The number of rotatable bonds is 4. The first-order chi connectivity index (χ1) is 6.68. The molecule has 8 heteroatoms. The molecule has 0 saturated heterocycles. The first kappa shape index (κ1) is 17.3. The van der Waals surface area contributed by atoms with Crippen LogP contribution in [0.15, 0.2) is 12.2 Å². The van der Waals surface area contributed by atoms with Gasteiger partial charge in [0.2, 0.25) is 0 Å². The monoisotopic (exact) mass is 232 g/mol. The summed E-state index contributed by atoms with van der Waals surface area (Å²) >= 11 is 2.05. The van der Waals surface area contributed by atoms with Crippen LogP contribution in [0.25, 0.3) is 0 Å². The summed E-state index contributed by atoms with van der Waals surface area (Å²) in [5.41, 5.74) is 0.469. The Hall–Kier alpha value is -0.0826. The van der Waals surface area contributed by atoms with E-state index in [0.717, 1.165) is 11.5 Å². The number of phosphoric acid groups is 1. The van der Waals surface area contributed by atoms with Crippen LogP contribution in [0, 0.1) is 0 Å². The molecule has 0 atom stereocenters. The Morgan fingerprint density at radius 2 is 1.87 bits per heavy atom. The van der Waals surface area contributed by atoms with Crippen LogP contribution in [0.3, 0.4) is 0 Å². The van der Waals surface area contributed by atoms with Crippen molar-refractivity contribution in [1.82, 2.24) is 0 Å². The SMILES string of the molecule is O=P(O)(O)O.[Li][CH2]CCOC(=O)C(=C)C. The van der Waals surface area contributed by atoms with Crippen molar-refractivity contribution in [2.24, 2.45) is 0 Å². The van der Waals surface area contributed by atoms with Crippen LogP contribution in [-0.4, -0.2) is 45.0 Å². The fourth-order valence-electron chi connectivity index (χ4n) is 0.432. The molecule has 0 spiro atoms. The van der Waals surface area contributed by atoms with E-state index < -0.39 is 7.82 Å². The Labute approximate surface area is 97.8 Å². The zero-order valence-corrected chi connectivity index (χ0v) is 9.74. The van der Waals surface area contributed by atoms with Gasteiger partial charge >= 0.3 is 78.2 Å². The third-order valence-electron chi connectivity index (χ3n) is 1.08. The molecule has 0 aliphatic heterocycles. The van der Waals surface area contributed by atoms with Crippen molar-refractivity contribution in [2.75, 3.05) is 6.61 Å². The Morgan fingerprint density at radius 1 is 1.47 bits per heavy atom. The van der Waals surface area contributed by atoms with Crippen molar-refractivity contribution >= 4 is 31.5 Å². The summed E-state index contributed by atoms with van der Waals surface area (Å²) in [5, 5.41) is 1.05. The normalized spacial score (nSPS) is 10.0. The van der Waals surface area contributed by atoms with E-state index in [0.29, 0.717) is 12.2 Å². The van der Waals surface area contributed by atoms with E-state index in [4.69, 9.17) is 24.0 Å². The van der Waals surface area contributed by atoms with Gasteiger partial charge in [-0.2, -0.15) is 0 Å². The van der Waals surface area contributed by atoms with Crippen molar-refractivity contribution in [3.05, 3.63) is 12.2 Å². The van der Waals surface area contributed by atoms with Crippen LogP contribution in [0.1, 0.15) is 13.3 Å². The third kappa shape index (κ3) is 24.9. The van der Waals surface area contributed by atoms with Crippen LogP contribution in [0.2, 0.25) is 5.09 Å². The summed E-state index contributed by atoms with van der Waals surface area (Å²) in [4.78, 5) is 32.3. The number of esters is 1. The van der Waals surface area contributed by atoms with Crippen molar-refractivity contribution in [3.8, 4) is 0 Å². The molecule has 3 N–H and O–H groups in total. The first-order valence-corrected chi connectivity index (χ1v) is 5.86. The van der Waals surface area contributed by atoms with Crippen LogP contribution < -0.4 is 0 Å². The summed E-state index contributed by atoms with van der Waals surface area (Å²) in [7, 11) is -4.64. The second-order valence-electron chi connectivity index (χ2n) is 2.78. The minimum atomic E-state index is -4.64. The van der Waals surface area contributed by atoms with Crippen molar-refractivity contribution in [3.63, 3.8) is 0 Å². The molecule has 0 aliphatic carbocycles. The fourth-order valence-corrected chi connectivity index (χ4v) is 0.432. The maximum atomic E-state index is 10.7. The van der Waals surface area contributed by atoms with Gasteiger partial charge in [-0.3, -0.25) is 0 Å². The summed E-state index contributed by atoms with van der Waals surface area (Å²) in [6.45, 7) is 5.62. The van der Waals surface area contributed by atoms with Gasteiger partial charge in [-0.1, -0.05) is 0 Å². The standard InChI is InChI=1S/C7H11O2.Li.H3O4P/c1-4-5-9-7(8)6(2)3;;1-5(2,3)4/h1-2,4-5H2,3H3;;(H3,1,2,3,4). The van der Waals surface area contributed by atoms with Crippen LogP contribution >= 0.6 is 7.82 Å². The molecule has 0 unspecified atom stereocenters. The fraction of sp³-hybridized carbons (Fsp3) is 0.571. The molecule has 0 saturated carbocycles. The molecular weight excluding hydrogens is 218 g/mol. The Balaban J connectivity index is 0. The number of hydrogen-bond acceptors (Lipinski definition) is 3.